The summed E-state index contributed by atoms with van der Waals surface area (Å²) in [6, 6.07) is 19.0. The molecule has 0 aliphatic carbocycles. The average molecular weight is 485 g/mol. The highest BCUT2D eigenvalue weighted by Gasteiger charge is 2.32. The lowest BCUT2D eigenvalue weighted by molar-refractivity contribution is 0.102. The van der Waals surface area contributed by atoms with Gasteiger partial charge in [-0.3, -0.25) is 9.10 Å². The maximum atomic E-state index is 13.9. The summed E-state index contributed by atoms with van der Waals surface area (Å²) in [5, 5.41) is 4.11. The highest BCUT2D eigenvalue weighted by atomic mass is 32.2. The second-order valence-corrected chi connectivity index (χ2v) is 9.87. The topological polar surface area (TPSA) is 66.5 Å². The molecule has 33 heavy (non-hydrogen) atoms. The molecule has 0 bridgehead atoms. The lowest BCUT2D eigenvalue weighted by atomic mass is 10.1. The van der Waals surface area contributed by atoms with Crippen LogP contribution in [0.3, 0.4) is 0 Å². The third-order valence-corrected chi connectivity index (χ3v) is 7.91. The first-order valence-electron chi connectivity index (χ1n) is 9.75. The number of halogens is 2. The zero-order chi connectivity index (χ0) is 23.6. The number of nitrogens with one attached hydrogen (secondary N) is 1. The lowest BCUT2D eigenvalue weighted by Crippen LogP contribution is -2.28. The van der Waals surface area contributed by atoms with Gasteiger partial charge in [-0.25, -0.2) is 17.2 Å². The van der Waals surface area contributed by atoms with Gasteiger partial charge in [-0.15, -0.1) is 11.3 Å². The zero-order valence-corrected chi connectivity index (χ0v) is 19.0. The molecular formula is C24H18F2N2O3S2. The molecule has 0 fully saturated rings. The van der Waals surface area contributed by atoms with Crippen molar-refractivity contribution in [3.63, 3.8) is 0 Å². The fourth-order valence-corrected chi connectivity index (χ4v) is 6.10. The van der Waals surface area contributed by atoms with Crippen molar-refractivity contribution in [3.05, 3.63) is 101 Å². The van der Waals surface area contributed by atoms with E-state index in [9.17, 15) is 22.0 Å². The second-order valence-electron chi connectivity index (χ2n) is 7.09. The molecule has 0 spiro atoms. The highest BCUT2D eigenvalue weighted by molar-refractivity contribution is 7.93. The minimum Gasteiger partial charge on any atom is -0.321 e. The molecule has 1 heterocycles. The first-order valence-corrected chi connectivity index (χ1v) is 12.1. The number of para-hydroxylation sites is 1. The Labute approximate surface area is 194 Å². The number of carbonyl (C=O) groups is 1. The summed E-state index contributed by atoms with van der Waals surface area (Å²) in [4.78, 5) is 12.8. The number of sulfonamides is 1. The van der Waals surface area contributed by atoms with Crippen LogP contribution in [0, 0.1) is 11.6 Å². The molecule has 0 unspecified atom stereocenters. The average Bonchev–Trinajstić information content (AvgIpc) is 3.27. The smallest absolute Gasteiger partial charge is 0.267 e. The number of thiophene rings is 1. The molecule has 1 amide bonds. The van der Waals surface area contributed by atoms with Crippen molar-refractivity contribution in [3.8, 4) is 11.1 Å². The summed E-state index contributed by atoms with van der Waals surface area (Å²) in [6.07, 6.45) is 0. The van der Waals surface area contributed by atoms with E-state index >= 15 is 0 Å². The van der Waals surface area contributed by atoms with Gasteiger partial charge in [0.15, 0.2) is 0 Å². The largest absolute Gasteiger partial charge is 0.321 e. The van der Waals surface area contributed by atoms with Crippen LogP contribution in [0.25, 0.3) is 11.1 Å². The fourth-order valence-electron chi connectivity index (χ4n) is 3.25. The Kier molecular flexibility index (Phi) is 6.26. The van der Waals surface area contributed by atoms with Crippen LogP contribution in [0.5, 0.6) is 0 Å². The second kappa shape index (κ2) is 9.13. The number of carbonyl (C=O) groups excluding carboxylic acids is 1. The number of anilines is 2. The van der Waals surface area contributed by atoms with E-state index in [2.05, 4.69) is 5.32 Å². The third kappa shape index (κ3) is 4.64. The quantitative estimate of drug-likeness (QED) is 0.378. The van der Waals surface area contributed by atoms with Gasteiger partial charge in [0.05, 0.1) is 5.69 Å². The number of nitrogens with zero attached hydrogens (tertiary/aromatic N) is 1. The molecule has 4 aromatic rings. The molecular weight excluding hydrogens is 466 g/mol. The van der Waals surface area contributed by atoms with E-state index < -0.39 is 27.6 Å². The van der Waals surface area contributed by atoms with Crippen LogP contribution < -0.4 is 9.62 Å². The van der Waals surface area contributed by atoms with Crippen LogP contribution in [0.4, 0.5) is 20.2 Å². The van der Waals surface area contributed by atoms with E-state index in [1.165, 1.54) is 54.9 Å². The molecule has 168 valence electrons. The molecule has 3 aromatic carbocycles. The highest BCUT2D eigenvalue weighted by Crippen LogP contribution is 2.38. The lowest BCUT2D eigenvalue weighted by Gasteiger charge is -2.21. The molecule has 4 rings (SSSR count). The van der Waals surface area contributed by atoms with Gasteiger partial charge < -0.3 is 5.32 Å². The van der Waals surface area contributed by atoms with Gasteiger partial charge in [-0.2, -0.15) is 0 Å². The molecule has 0 aliphatic rings. The van der Waals surface area contributed by atoms with Gasteiger partial charge in [-0.1, -0.05) is 30.3 Å². The van der Waals surface area contributed by atoms with E-state index in [4.69, 9.17) is 0 Å². The van der Waals surface area contributed by atoms with Crippen molar-refractivity contribution in [1.29, 1.82) is 0 Å². The van der Waals surface area contributed by atoms with Crippen molar-refractivity contribution < 1.29 is 22.0 Å². The zero-order valence-electron chi connectivity index (χ0n) is 17.3. The first kappa shape index (κ1) is 22.6. The molecule has 0 atom stereocenters. The van der Waals surface area contributed by atoms with Crippen molar-refractivity contribution in [2.75, 3.05) is 16.7 Å². The molecule has 0 radical (unpaired) electrons. The van der Waals surface area contributed by atoms with Gasteiger partial charge in [0.2, 0.25) is 0 Å². The Morgan fingerprint density at radius 1 is 0.909 bits per heavy atom. The van der Waals surface area contributed by atoms with Crippen molar-refractivity contribution >= 4 is 38.6 Å². The normalized spacial score (nSPS) is 11.2. The maximum Gasteiger partial charge on any atom is 0.267 e. The minimum atomic E-state index is -4.21. The summed E-state index contributed by atoms with van der Waals surface area (Å²) in [6.45, 7) is 0. The predicted octanol–water partition coefficient (Wildman–Crippen LogP) is 5.77. The Bertz CT molecular complexity index is 1400. The summed E-state index contributed by atoms with van der Waals surface area (Å²) in [7, 11) is -2.83. The van der Waals surface area contributed by atoms with Crippen LogP contribution in [0.2, 0.25) is 0 Å². The summed E-state index contributed by atoms with van der Waals surface area (Å²) in [5.41, 5.74) is 1.25. The molecule has 0 saturated carbocycles. The van der Waals surface area contributed by atoms with Crippen molar-refractivity contribution in [1.82, 2.24) is 0 Å². The van der Waals surface area contributed by atoms with Crippen LogP contribution >= 0.6 is 11.3 Å². The first-order chi connectivity index (χ1) is 15.8. The van der Waals surface area contributed by atoms with Crippen LogP contribution in [0.15, 0.2) is 89.1 Å². The summed E-state index contributed by atoms with van der Waals surface area (Å²) >= 11 is 0.932. The van der Waals surface area contributed by atoms with E-state index in [-0.39, 0.29) is 15.3 Å². The van der Waals surface area contributed by atoms with Crippen molar-refractivity contribution in [2.24, 2.45) is 0 Å². The SMILES string of the molecule is CN(c1ccccc1)S(=O)(=O)c1c(-c2cccc(F)c2)csc1C(=O)Nc1ccc(F)cc1. The van der Waals surface area contributed by atoms with Gasteiger partial charge in [0.25, 0.3) is 15.9 Å². The fraction of sp³-hybridized carbons (Fsp3) is 0.0417. The maximum absolute atomic E-state index is 13.9. The Morgan fingerprint density at radius 2 is 1.61 bits per heavy atom. The minimum absolute atomic E-state index is 0.0682. The number of hydrogen-bond acceptors (Lipinski definition) is 4. The summed E-state index contributed by atoms with van der Waals surface area (Å²) < 4.78 is 55.6. The van der Waals surface area contributed by atoms with Gasteiger partial charge in [-0.05, 0) is 54.1 Å². The van der Waals surface area contributed by atoms with E-state index in [1.54, 1.807) is 36.4 Å². The van der Waals surface area contributed by atoms with E-state index in [1.807, 2.05) is 0 Å². The van der Waals surface area contributed by atoms with Crippen LogP contribution in [-0.4, -0.2) is 21.4 Å². The van der Waals surface area contributed by atoms with Crippen LogP contribution in [0.1, 0.15) is 9.67 Å². The number of benzene rings is 3. The molecule has 0 saturated heterocycles. The molecule has 0 aliphatic heterocycles. The molecule has 1 N–H and O–H groups in total. The number of rotatable bonds is 6. The van der Waals surface area contributed by atoms with Gasteiger partial charge in [0, 0.05) is 23.7 Å². The number of hydrogen-bond donors (Lipinski definition) is 1. The van der Waals surface area contributed by atoms with Gasteiger partial charge in [0.1, 0.15) is 21.4 Å². The molecule has 9 heteroatoms. The third-order valence-electron chi connectivity index (χ3n) is 4.93. The molecule has 1 aromatic heterocycles. The Hall–Kier alpha value is -3.56. The van der Waals surface area contributed by atoms with Crippen LogP contribution in [-0.2, 0) is 10.0 Å². The standard InChI is InChI=1S/C24H18F2N2O3S2/c1-28(20-8-3-2-4-9-20)33(30,31)23-21(16-6-5-7-18(26)14-16)15-32-22(23)24(29)27-19-12-10-17(25)11-13-19/h2-15H,1H3,(H,27,29). The van der Waals surface area contributed by atoms with E-state index in [0.717, 1.165) is 15.6 Å². The Balaban J connectivity index is 1.84. The Morgan fingerprint density at radius 3 is 2.27 bits per heavy atom. The summed E-state index contributed by atoms with van der Waals surface area (Å²) in [5.74, 6) is -1.67. The predicted molar refractivity (Wildman–Crippen MR) is 126 cm³/mol. The molecule has 5 nitrogen and oxygen atoms in total. The number of amides is 1. The van der Waals surface area contributed by atoms with Crippen molar-refractivity contribution in [2.45, 2.75) is 4.90 Å². The monoisotopic (exact) mass is 484 g/mol. The van der Waals surface area contributed by atoms with E-state index in [0.29, 0.717) is 16.9 Å². The van der Waals surface area contributed by atoms with Gasteiger partial charge >= 0.3 is 0 Å².